The van der Waals surface area contributed by atoms with E-state index in [1.165, 1.54) is 6.07 Å². The summed E-state index contributed by atoms with van der Waals surface area (Å²) in [4.78, 5) is 12.8. The van der Waals surface area contributed by atoms with Gasteiger partial charge in [-0.05, 0) is 70.7 Å². The normalized spacial score (nSPS) is 18.8. The van der Waals surface area contributed by atoms with Crippen molar-refractivity contribution in [3.8, 4) is 17.2 Å². The van der Waals surface area contributed by atoms with Gasteiger partial charge in [0.15, 0.2) is 5.78 Å². The number of ketones is 1. The molecule has 0 radical (unpaired) electrons. The van der Waals surface area contributed by atoms with Crippen LogP contribution in [0.4, 0.5) is 0 Å². The Hall–Kier alpha value is -2.33. The molecule has 0 amide bonds. The van der Waals surface area contributed by atoms with E-state index in [4.69, 9.17) is 4.74 Å². The predicted molar refractivity (Wildman–Crippen MR) is 108 cm³/mol. The Morgan fingerprint density at radius 1 is 1.04 bits per heavy atom. The van der Waals surface area contributed by atoms with Gasteiger partial charge < -0.3 is 15.2 Å². The Balaban J connectivity index is 1.70. The lowest BCUT2D eigenvalue weighted by Crippen LogP contribution is -2.57. The van der Waals surface area contributed by atoms with Crippen molar-refractivity contribution >= 4 is 5.78 Å². The first-order valence-corrected chi connectivity index (χ1v) is 9.52. The Labute approximate surface area is 161 Å². The summed E-state index contributed by atoms with van der Waals surface area (Å²) in [5.41, 5.74) is 0.370. The molecule has 2 aromatic carbocycles. The van der Waals surface area contributed by atoms with Gasteiger partial charge in [0.2, 0.25) is 0 Å². The van der Waals surface area contributed by atoms with Crippen LogP contribution in [-0.2, 0) is 0 Å². The number of hydrogen-bond donors (Lipinski definition) is 2. The van der Waals surface area contributed by atoms with Crippen molar-refractivity contribution in [1.29, 1.82) is 0 Å². The van der Waals surface area contributed by atoms with E-state index >= 15 is 0 Å². The standard InChI is InChI=1S/C23H29NO3/c1-22(2)14-16(15-23(3,4)24-22)12-20(25)19-11-10-18(13-21(19)26)27-17-8-6-5-7-9-17/h5-11,13,16,24,26H,12,14-15H2,1-4H3. The van der Waals surface area contributed by atoms with E-state index in [1.54, 1.807) is 12.1 Å². The molecule has 0 atom stereocenters. The predicted octanol–water partition coefficient (Wildman–Crippen LogP) is 5.31. The summed E-state index contributed by atoms with van der Waals surface area (Å²) in [6.07, 6.45) is 2.33. The maximum absolute atomic E-state index is 12.8. The molecule has 2 aromatic rings. The molecule has 2 N–H and O–H groups in total. The fourth-order valence-electron chi connectivity index (χ4n) is 4.49. The highest BCUT2D eigenvalue weighted by Gasteiger charge is 2.38. The minimum absolute atomic E-state index is 0.00211. The average molecular weight is 367 g/mol. The molecule has 1 fully saturated rings. The van der Waals surface area contributed by atoms with Gasteiger partial charge in [0.05, 0.1) is 5.56 Å². The molecule has 0 aliphatic carbocycles. The Kier molecular flexibility index (Phi) is 5.29. The van der Waals surface area contributed by atoms with Gasteiger partial charge in [0.1, 0.15) is 17.2 Å². The number of benzene rings is 2. The van der Waals surface area contributed by atoms with Gasteiger partial charge in [-0.15, -0.1) is 0 Å². The number of Topliss-reactive ketones (excluding diaryl/α,β-unsaturated/α-hetero) is 1. The largest absolute Gasteiger partial charge is 0.507 e. The molecule has 27 heavy (non-hydrogen) atoms. The number of carbonyl (C=O) groups excluding carboxylic acids is 1. The van der Waals surface area contributed by atoms with E-state index in [-0.39, 0.29) is 22.6 Å². The number of ether oxygens (including phenoxy) is 1. The second-order valence-corrected chi connectivity index (χ2v) is 8.89. The molecule has 1 heterocycles. The molecule has 144 valence electrons. The van der Waals surface area contributed by atoms with Crippen molar-refractivity contribution in [2.45, 2.75) is 58.0 Å². The van der Waals surface area contributed by atoms with Crippen LogP contribution in [0.2, 0.25) is 0 Å². The Morgan fingerprint density at radius 3 is 2.26 bits per heavy atom. The number of para-hydroxylation sites is 1. The molecule has 0 unspecified atom stereocenters. The number of phenolic OH excluding ortho intramolecular Hbond substituents is 1. The number of aromatic hydroxyl groups is 1. The maximum atomic E-state index is 12.8. The van der Waals surface area contributed by atoms with Crippen molar-refractivity contribution in [2.24, 2.45) is 5.92 Å². The lowest BCUT2D eigenvalue weighted by Gasteiger charge is -2.46. The quantitative estimate of drug-likeness (QED) is 0.703. The van der Waals surface area contributed by atoms with Crippen molar-refractivity contribution in [3.05, 3.63) is 54.1 Å². The van der Waals surface area contributed by atoms with Crippen molar-refractivity contribution in [1.82, 2.24) is 5.32 Å². The lowest BCUT2D eigenvalue weighted by atomic mass is 9.74. The number of hydrogen-bond acceptors (Lipinski definition) is 4. The summed E-state index contributed by atoms with van der Waals surface area (Å²) >= 11 is 0. The van der Waals surface area contributed by atoms with Gasteiger partial charge in [-0.2, -0.15) is 0 Å². The number of nitrogens with one attached hydrogen (secondary N) is 1. The number of rotatable bonds is 5. The average Bonchev–Trinajstić information content (AvgIpc) is 2.52. The van der Waals surface area contributed by atoms with Crippen molar-refractivity contribution in [3.63, 3.8) is 0 Å². The van der Waals surface area contributed by atoms with Gasteiger partial charge >= 0.3 is 0 Å². The van der Waals surface area contributed by atoms with Gasteiger partial charge in [-0.25, -0.2) is 0 Å². The van der Waals surface area contributed by atoms with Crippen LogP contribution in [0.1, 0.15) is 57.3 Å². The zero-order valence-corrected chi connectivity index (χ0v) is 16.6. The highest BCUT2D eigenvalue weighted by Crippen LogP contribution is 2.36. The summed E-state index contributed by atoms with van der Waals surface area (Å²) in [6, 6.07) is 14.3. The second-order valence-electron chi connectivity index (χ2n) is 8.89. The highest BCUT2D eigenvalue weighted by atomic mass is 16.5. The SMILES string of the molecule is CC1(C)CC(CC(=O)c2ccc(Oc3ccccc3)cc2O)CC(C)(C)N1. The monoisotopic (exact) mass is 367 g/mol. The Morgan fingerprint density at radius 2 is 1.67 bits per heavy atom. The smallest absolute Gasteiger partial charge is 0.166 e. The molecule has 0 spiro atoms. The molecule has 1 aliphatic rings. The molecule has 3 rings (SSSR count). The van der Waals surface area contributed by atoms with E-state index < -0.39 is 0 Å². The molecule has 1 aliphatic heterocycles. The summed E-state index contributed by atoms with van der Waals surface area (Å²) in [6.45, 7) is 8.72. The van der Waals surface area contributed by atoms with E-state index in [2.05, 4.69) is 33.0 Å². The number of phenols is 1. The van der Waals surface area contributed by atoms with Crippen LogP contribution in [0, 0.1) is 5.92 Å². The molecule has 0 saturated carbocycles. The Bertz CT molecular complexity index is 796. The van der Waals surface area contributed by atoms with Gasteiger partial charge in [0, 0.05) is 23.6 Å². The fraction of sp³-hybridized carbons (Fsp3) is 0.435. The zero-order valence-electron chi connectivity index (χ0n) is 16.6. The van der Waals surface area contributed by atoms with E-state index in [1.807, 2.05) is 30.3 Å². The topological polar surface area (TPSA) is 58.6 Å². The molecular formula is C23H29NO3. The first kappa shape index (κ1) is 19.4. The molecule has 4 nitrogen and oxygen atoms in total. The minimum atomic E-state index is -0.0270. The van der Waals surface area contributed by atoms with E-state index in [0.717, 1.165) is 12.8 Å². The van der Waals surface area contributed by atoms with Crippen LogP contribution in [0.5, 0.6) is 17.2 Å². The second kappa shape index (κ2) is 7.35. The van der Waals surface area contributed by atoms with Gasteiger partial charge in [-0.1, -0.05) is 18.2 Å². The summed E-state index contributed by atoms with van der Waals surface area (Å²) < 4.78 is 5.72. The first-order chi connectivity index (χ1) is 12.6. The molecular weight excluding hydrogens is 338 g/mol. The molecule has 4 heteroatoms. The maximum Gasteiger partial charge on any atom is 0.166 e. The van der Waals surface area contributed by atoms with Crippen LogP contribution in [0.15, 0.2) is 48.5 Å². The van der Waals surface area contributed by atoms with E-state index in [9.17, 15) is 9.90 Å². The van der Waals surface area contributed by atoms with Gasteiger partial charge in [0.25, 0.3) is 0 Å². The molecule has 1 saturated heterocycles. The van der Waals surface area contributed by atoms with Crippen LogP contribution < -0.4 is 10.1 Å². The summed E-state index contributed by atoms with van der Waals surface area (Å²) in [5, 5.41) is 14.0. The zero-order chi connectivity index (χ0) is 19.7. The number of carbonyl (C=O) groups is 1. The molecule has 0 aromatic heterocycles. The third-order valence-corrected chi connectivity index (χ3v) is 5.00. The van der Waals surface area contributed by atoms with Crippen LogP contribution in [0.25, 0.3) is 0 Å². The van der Waals surface area contributed by atoms with Crippen LogP contribution in [0.3, 0.4) is 0 Å². The van der Waals surface area contributed by atoms with Crippen molar-refractivity contribution in [2.75, 3.05) is 0 Å². The summed E-state index contributed by atoms with van der Waals surface area (Å²) in [7, 11) is 0. The van der Waals surface area contributed by atoms with Gasteiger partial charge in [-0.3, -0.25) is 4.79 Å². The van der Waals surface area contributed by atoms with Crippen LogP contribution in [-0.4, -0.2) is 22.0 Å². The third kappa shape index (κ3) is 5.10. The highest BCUT2D eigenvalue weighted by molar-refractivity contribution is 5.98. The first-order valence-electron chi connectivity index (χ1n) is 9.52. The number of piperidine rings is 1. The lowest BCUT2D eigenvalue weighted by molar-refractivity contribution is 0.0862. The fourth-order valence-corrected chi connectivity index (χ4v) is 4.49. The van der Waals surface area contributed by atoms with E-state index in [0.29, 0.717) is 29.4 Å². The third-order valence-electron chi connectivity index (χ3n) is 5.00. The minimum Gasteiger partial charge on any atom is -0.507 e. The van der Waals surface area contributed by atoms with Crippen molar-refractivity contribution < 1.29 is 14.6 Å². The molecule has 0 bridgehead atoms. The van der Waals surface area contributed by atoms with Crippen LogP contribution >= 0.6 is 0 Å². The summed E-state index contributed by atoms with van der Waals surface area (Å²) in [5.74, 6) is 1.45.